The van der Waals surface area contributed by atoms with Gasteiger partial charge in [0.1, 0.15) is 2.14 Å². The van der Waals surface area contributed by atoms with Crippen molar-refractivity contribution in [1.29, 1.82) is 0 Å². The number of hydrogen-bond donors (Lipinski definition) is 0. The molecule has 0 fully saturated rings. The Balaban J connectivity index is 3.11. The number of halogens is 3. The molecule has 0 N–H and O–H groups in total. The standard InChI is InChI=1S/C5H9Br3/c1-2-3-4-5(6,7)8/h2-4H2,1H3. The fourth-order valence-corrected chi connectivity index (χ4v) is 1.22. The molecule has 0 spiro atoms. The minimum Gasteiger partial charge on any atom is -0.0654 e. The van der Waals surface area contributed by atoms with E-state index in [2.05, 4.69) is 54.7 Å². The van der Waals surface area contributed by atoms with Crippen molar-refractivity contribution in [1.82, 2.24) is 0 Å². The first-order valence-corrected chi connectivity index (χ1v) is 5.01. The lowest BCUT2D eigenvalue weighted by molar-refractivity contribution is 0.759. The number of unbranched alkanes of at least 4 members (excludes halogenated alkanes) is 1. The van der Waals surface area contributed by atoms with E-state index in [0.29, 0.717) is 0 Å². The molecule has 0 radical (unpaired) electrons. The van der Waals surface area contributed by atoms with Crippen LogP contribution in [0.2, 0.25) is 0 Å². The van der Waals surface area contributed by atoms with Crippen LogP contribution in [0.1, 0.15) is 26.2 Å². The smallest absolute Gasteiger partial charge is 0.0654 e. The normalized spacial score (nSPS) is 12.0. The zero-order valence-electron chi connectivity index (χ0n) is 4.76. The average Bonchev–Trinajstić information content (AvgIpc) is 1.59. The number of rotatable bonds is 2. The van der Waals surface area contributed by atoms with Crippen LogP contribution in [0.25, 0.3) is 0 Å². The summed E-state index contributed by atoms with van der Waals surface area (Å²) in [5, 5.41) is 0. The highest BCUT2D eigenvalue weighted by Gasteiger charge is 2.15. The van der Waals surface area contributed by atoms with Gasteiger partial charge in [-0.3, -0.25) is 0 Å². The third-order valence-electron chi connectivity index (χ3n) is 0.814. The maximum absolute atomic E-state index is 3.41. The molecule has 0 saturated heterocycles. The molecule has 0 heterocycles. The second-order valence-corrected chi connectivity index (χ2v) is 8.97. The summed E-state index contributed by atoms with van der Waals surface area (Å²) in [4.78, 5) is 0. The van der Waals surface area contributed by atoms with E-state index in [9.17, 15) is 0 Å². The first-order chi connectivity index (χ1) is 3.56. The summed E-state index contributed by atoms with van der Waals surface area (Å²) >= 11 is 10.2. The lowest BCUT2D eigenvalue weighted by Crippen LogP contribution is -1.96. The fourth-order valence-electron chi connectivity index (χ4n) is 0.377. The van der Waals surface area contributed by atoms with Crippen LogP contribution in [0.15, 0.2) is 0 Å². The average molecular weight is 309 g/mol. The van der Waals surface area contributed by atoms with Gasteiger partial charge in [-0.15, -0.1) is 0 Å². The zero-order valence-corrected chi connectivity index (χ0v) is 9.51. The first kappa shape index (κ1) is 9.44. The molecule has 0 aliphatic rings. The summed E-state index contributed by atoms with van der Waals surface area (Å²) in [7, 11) is 0. The lowest BCUT2D eigenvalue weighted by atomic mass is 10.3. The minimum absolute atomic E-state index is 0.0109. The molecule has 0 amide bonds. The van der Waals surface area contributed by atoms with Gasteiger partial charge in [-0.1, -0.05) is 67.6 Å². The molecular weight excluding hydrogens is 300 g/mol. The molecule has 0 rings (SSSR count). The van der Waals surface area contributed by atoms with Gasteiger partial charge in [0.15, 0.2) is 0 Å². The van der Waals surface area contributed by atoms with E-state index in [4.69, 9.17) is 0 Å². The fraction of sp³-hybridized carbons (Fsp3) is 1.00. The van der Waals surface area contributed by atoms with Crippen LogP contribution in [0, 0.1) is 0 Å². The van der Waals surface area contributed by atoms with E-state index >= 15 is 0 Å². The summed E-state index contributed by atoms with van der Waals surface area (Å²) in [5.41, 5.74) is 0. The second-order valence-electron chi connectivity index (χ2n) is 1.72. The molecule has 0 aromatic rings. The summed E-state index contributed by atoms with van der Waals surface area (Å²) < 4.78 is -0.0109. The van der Waals surface area contributed by atoms with Crippen LogP contribution in [-0.4, -0.2) is 2.14 Å². The van der Waals surface area contributed by atoms with Gasteiger partial charge in [0, 0.05) is 0 Å². The number of hydrogen-bond acceptors (Lipinski definition) is 0. The Morgan fingerprint density at radius 2 is 1.75 bits per heavy atom. The van der Waals surface area contributed by atoms with Gasteiger partial charge in [0.2, 0.25) is 0 Å². The maximum Gasteiger partial charge on any atom is 0.135 e. The predicted molar refractivity (Wildman–Crippen MR) is 49.0 cm³/mol. The Morgan fingerprint density at radius 3 is 1.88 bits per heavy atom. The van der Waals surface area contributed by atoms with E-state index in [-0.39, 0.29) is 2.14 Å². The highest BCUT2D eigenvalue weighted by Crippen LogP contribution is 2.38. The van der Waals surface area contributed by atoms with Crippen molar-refractivity contribution in [3.63, 3.8) is 0 Å². The molecule has 0 saturated carbocycles. The van der Waals surface area contributed by atoms with Crippen molar-refractivity contribution in [3.8, 4) is 0 Å². The molecule has 50 valence electrons. The van der Waals surface area contributed by atoms with Crippen LogP contribution < -0.4 is 0 Å². The molecular formula is C5H9Br3. The lowest BCUT2D eigenvalue weighted by Gasteiger charge is -2.09. The monoisotopic (exact) mass is 306 g/mol. The zero-order chi connectivity index (χ0) is 6.62. The topological polar surface area (TPSA) is 0 Å². The van der Waals surface area contributed by atoms with Gasteiger partial charge >= 0.3 is 0 Å². The Labute approximate surface area is 75.8 Å². The molecule has 8 heavy (non-hydrogen) atoms. The van der Waals surface area contributed by atoms with Gasteiger partial charge in [-0.25, -0.2) is 0 Å². The molecule has 0 atom stereocenters. The molecule has 0 aliphatic heterocycles. The van der Waals surface area contributed by atoms with Crippen LogP contribution in [0.3, 0.4) is 0 Å². The molecule has 0 nitrogen and oxygen atoms in total. The van der Waals surface area contributed by atoms with Crippen molar-refractivity contribution in [2.45, 2.75) is 28.3 Å². The van der Waals surface area contributed by atoms with Gasteiger partial charge in [-0.05, 0) is 6.42 Å². The van der Waals surface area contributed by atoms with Crippen molar-refractivity contribution in [2.24, 2.45) is 0 Å². The van der Waals surface area contributed by atoms with E-state index in [1.807, 2.05) is 0 Å². The summed E-state index contributed by atoms with van der Waals surface area (Å²) in [5.74, 6) is 0. The van der Waals surface area contributed by atoms with E-state index in [0.717, 1.165) is 6.42 Å². The molecule has 0 unspecified atom stereocenters. The Kier molecular flexibility index (Phi) is 5.06. The second kappa shape index (κ2) is 4.29. The van der Waals surface area contributed by atoms with Crippen LogP contribution in [-0.2, 0) is 0 Å². The molecule has 0 aliphatic carbocycles. The highest BCUT2D eigenvalue weighted by atomic mass is 80.0. The van der Waals surface area contributed by atoms with Gasteiger partial charge < -0.3 is 0 Å². The van der Waals surface area contributed by atoms with E-state index in [1.54, 1.807) is 0 Å². The maximum atomic E-state index is 3.41. The predicted octanol–water partition coefficient (Wildman–Crippen LogP) is 4.02. The SMILES string of the molecule is CCCCC(Br)(Br)Br. The Morgan fingerprint density at radius 1 is 1.25 bits per heavy atom. The summed E-state index contributed by atoms with van der Waals surface area (Å²) in [6, 6.07) is 0. The highest BCUT2D eigenvalue weighted by molar-refractivity contribution is 9.39. The first-order valence-electron chi connectivity index (χ1n) is 2.63. The van der Waals surface area contributed by atoms with Crippen molar-refractivity contribution >= 4 is 47.8 Å². The quantitative estimate of drug-likeness (QED) is 0.676. The van der Waals surface area contributed by atoms with Gasteiger partial charge in [0.05, 0.1) is 0 Å². The summed E-state index contributed by atoms with van der Waals surface area (Å²) in [6.45, 7) is 2.18. The third kappa shape index (κ3) is 7.44. The largest absolute Gasteiger partial charge is 0.135 e. The molecule has 0 aromatic carbocycles. The van der Waals surface area contributed by atoms with E-state index < -0.39 is 0 Å². The van der Waals surface area contributed by atoms with Crippen LogP contribution in [0.4, 0.5) is 0 Å². The molecule has 0 aromatic heterocycles. The number of alkyl halides is 3. The minimum atomic E-state index is -0.0109. The van der Waals surface area contributed by atoms with Gasteiger partial charge in [0.25, 0.3) is 0 Å². The Bertz CT molecular complexity index is 55.2. The van der Waals surface area contributed by atoms with Crippen LogP contribution >= 0.6 is 47.8 Å². The van der Waals surface area contributed by atoms with E-state index in [1.165, 1.54) is 12.8 Å². The van der Waals surface area contributed by atoms with Crippen molar-refractivity contribution in [3.05, 3.63) is 0 Å². The molecule has 0 bridgehead atoms. The van der Waals surface area contributed by atoms with Crippen molar-refractivity contribution in [2.75, 3.05) is 0 Å². The molecule has 3 heteroatoms. The Hall–Kier alpha value is 1.44. The van der Waals surface area contributed by atoms with Crippen LogP contribution in [0.5, 0.6) is 0 Å². The van der Waals surface area contributed by atoms with Crippen molar-refractivity contribution < 1.29 is 0 Å². The third-order valence-corrected chi connectivity index (χ3v) is 2.00. The summed E-state index contributed by atoms with van der Waals surface area (Å²) in [6.07, 6.45) is 3.59. The van der Waals surface area contributed by atoms with Gasteiger partial charge in [-0.2, -0.15) is 0 Å².